The van der Waals surface area contributed by atoms with E-state index in [9.17, 15) is 12.8 Å². The maximum atomic E-state index is 14.6. The number of piperidine rings is 1. The van der Waals surface area contributed by atoms with E-state index in [1.807, 2.05) is 18.2 Å². The number of hydrogen-bond donors (Lipinski definition) is 4. The Morgan fingerprint density at radius 2 is 1.86 bits per heavy atom. The fourth-order valence-corrected chi connectivity index (χ4v) is 5.97. The van der Waals surface area contributed by atoms with Crippen LogP contribution in [0.25, 0.3) is 55.7 Å². The van der Waals surface area contributed by atoms with Crippen LogP contribution in [0.15, 0.2) is 67.3 Å². The molecule has 0 saturated carbocycles. The molecule has 0 unspecified atom stereocenters. The van der Waals surface area contributed by atoms with Crippen LogP contribution in [0.1, 0.15) is 18.4 Å². The number of H-pyrrole nitrogens is 2. The number of benzene rings is 1. The molecule has 13 heteroatoms. The van der Waals surface area contributed by atoms with Gasteiger partial charge < -0.3 is 15.0 Å². The van der Waals surface area contributed by atoms with Gasteiger partial charge in [0, 0.05) is 35.3 Å². The highest BCUT2D eigenvalue weighted by molar-refractivity contribution is 7.88. The van der Waals surface area contributed by atoms with Crippen LogP contribution in [0.2, 0.25) is 0 Å². The lowest BCUT2D eigenvalue weighted by molar-refractivity contribution is 0.162. The third kappa shape index (κ3) is 5.89. The number of halogens is 1. The van der Waals surface area contributed by atoms with Crippen molar-refractivity contribution < 1.29 is 17.5 Å². The van der Waals surface area contributed by atoms with Gasteiger partial charge in [0.2, 0.25) is 10.0 Å². The van der Waals surface area contributed by atoms with Crippen molar-refractivity contribution in [2.24, 2.45) is 0 Å². The summed E-state index contributed by atoms with van der Waals surface area (Å²) in [4.78, 5) is 16.9. The van der Waals surface area contributed by atoms with Crippen LogP contribution in [0.3, 0.4) is 0 Å². The molecule has 1 aromatic carbocycles. The molecule has 44 heavy (non-hydrogen) atoms. The highest BCUT2D eigenvalue weighted by atomic mass is 32.2. The molecule has 0 bridgehead atoms. The molecule has 1 aliphatic rings. The molecule has 6 heterocycles. The van der Waals surface area contributed by atoms with Crippen molar-refractivity contribution in [3.63, 3.8) is 0 Å². The van der Waals surface area contributed by atoms with Gasteiger partial charge in [0.05, 0.1) is 35.6 Å². The van der Waals surface area contributed by atoms with E-state index >= 15 is 0 Å². The Kier molecular flexibility index (Phi) is 7.28. The first kappa shape index (κ1) is 28.1. The van der Waals surface area contributed by atoms with Crippen LogP contribution in [-0.4, -0.2) is 64.0 Å². The Balaban J connectivity index is 1.23. The van der Waals surface area contributed by atoms with Crippen LogP contribution in [-0.2, 0) is 16.6 Å². The number of rotatable bonds is 8. The highest BCUT2D eigenvalue weighted by Gasteiger charge is 2.18. The SMILES string of the molecule is CS(=O)(=O)NCc1cc(F)cc(-c2ccnc3[nH]c(-c4n[nH]c5cnc(-c6cncc(OC7CCNCC7)c6)cc45)cc23)c1. The third-order valence-electron chi connectivity index (χ3n) is 7.64. The molecule has 224 valence electrons. The average Bonchev–Trinajstić information content (AvgIpc) is 3.64. The lowest BCUT2D eigenvalue weighted by Crippen LogP contribution is -2.34. The van der Waals surface area contributed by atoms with Crippen molar-refractivity contribution >= 4 is 32.0 Å². The van der Waals surface area contributed by atoms with Crippen molar-refractivity contribution in [3.8, 4) is 39.5 Å². The van der Waals surface area contributed by atoms with E-state index in [-0.39, 0.29) is 12.6 Å². The molecule has 0 atom stereocenters. The molecule has 1 fully saturated rings. The molecule has 6 aromatic rings. The number of sulfonamides is 1. The van der Waals surface area contributed by atoms with Gasteiger partial charge in [0.25, 0.3) is 0 Å². The Hall–Kier alpha value is -4.72. The Morgan fingerprint density at radius 1 is 1.00 bits per heavy atom. The summed E-state index contributed by atoms with van der Waals surface area (Å²) in [6, 6.07) is 12.2. The van der Waals surface area contributed by atoms with Gasteiger partial charge in [0.15, 0.2) is 0 Å². The van der Waals surface area contributed by atoms with Gasteiger partial charge in [0.1, 0.15) is 29.0 Å². The van der Waals surface area contributed by atoms with Crippen molar-refractivity contribution in [2.75, 3.05) is 19.3 Å². The molecule has 7 rings (SSSR count). The predicted molar refractivity (Wildman–Crippen MR) is 166 cm³/mol. The van der Waals surface area contributed by atoms with Gasteiger partial charge in [-0.3, -0.25) is 15.1 Å². The number of ether oxygens (including phenoxy) is 1. The van der Waals surface area contributed by atoms with Gasteiger partial charge in [-0.25, -0.2) is 22.5 Å². The van der Waals surface area contributed by atoms with Crippen LogP contribution in [0, 0.1) is 5.82 Å². The maximum absolute atomic E-state index is 14.6. The summed E-state index contributed by atoms with van der Waals surface area (Å²) in [7, 11) is -3.43. The number of hydrogen-bond acceptors (Lipinski definition) is 8. The lowest BCUT2D eigenvalue weighted by Gasteiger charge is -2.23. The normalized spacial score (nSPS) is 14.4. The van der Waals surface area contributed by atoms with E-state index in [1.165, 1.54) is 12.1 Å². The summed E-state index contributed by atoms with van der Waals surface area (Å²) in [6.45, 7) is 1.86. The van der Waals surface area contributed by atoms with Crippen molar-refractivity contribution in [1.29, 1.82) is 0 Å². The summed E-state index contributed by atoms with van der Waals surface area (Å²) in [5, 5.41) is 12.6. The van der Waals surface area contributed by atoms with Crippen molar-refractivity contribution in [3.05, 3.63) is 78.6 Å². The van der Waals surface area contributed by atoms with Crippen LogP contribution >= 0.6 is 0 Å². The Bertz CT molecular complexity index is 2100. The summed E-state index contributed by atoms with van der Waals surface area (Å²) in [5.74, 6) is 0.247. The second-order valence-electron chi connectivity index (χ2n) is 10.9. The topological polar surface area (TPSA) is 151 Å². The second kappa shape index (κ2) is 11.4. The first-order valence-corrected chi connectivity index (χ1v) is 16.1. The molecule has 4 N–H and O–H groups in total. The van der Waals surface area contributed by atoms with Gasteiger partial charge in [-0.05, 0) is 85.1 Å². The number of aromatic nitrogens is 6. The zero-order valence-electron chi connectivity index (χ0n) is 23.8. The first-order chi connectivity index (χ1) is 21.3. The first-order valence-electron chi connectivity index (χ1n) is 14.2. The molecule has 0 radical (unpaired) electrons. The lowest BCUT2D eigenvalue weighted by atomic mass is 10.0. The minimum absolute atomic E-state index is 0.0194. The zero-order chi connectivity index (χ0) is 30.3. The average molecular weight is 613 g/mol. The van der Waals surface area contributed by atoms with E-state index in [2.05, 4.69) is 40.2 Å². The highest BCUT2D eigenvalue weighted by Crippen LogP contribution is 2.35. The van der Waals surface area contributed by atoms with Crippen LogP contribution < -0.4 is 14.8 Å². The molecule has 0 amide bonds. The molecule has 1 aliphatic heterocycles. The smallest absolute Gasteiger partial charge is 0.209 e. The number of pyridine rings is 3. The quantitative estimate of drug-likeness (QED) is 0.196. The van der Waals surface area contributed by atoms with E-state index in [0.29, 0.717) is 28.2 Å². The Labute approximate surface area is 252 Å². The molecular formula is C31H29FN8O3S. The molecular weight excluding hydrogens is 583 g/mol. The Morgan fingerprint density at radius 3 is 2.70 bits per heavy atom. The third-order valence-corrected chi connectivity index (χ3v) is 8.31. The van der Waals surface area contributed by atoms with Crippen LogP contribution in [0.5, 0.6) is 5.75 Å². The summed E-state index contributed by atoms with van der Waals surface area (Å²) < 4.78 is 46.4. The monoisotopic (exact) mass is 612 g/mol. The molecule has 5 aromatic heterocycles. The van der Waals surface area contributed by atoms with E-state index < -0.39 is 15.8 Å². The van der Waals surface area contributed by atoms with E-state index in [0.717, 1.165) is 71.0 Å². The van der Waals surface area contributed by atoms with E-state index in [1.54, 1.807) is 36.9 Å². The van der Waals surface area contributed by atoms with E-state index in [4.69, 9.17) is 4.74 Å². The largest absolute Gasteiger partial charge is 0.489 e. The fourth-order valence-electron chi connectivity index (χ4n) is 5.54. The minimum atomic E-state index is -3.43. The molecule has 0 aliphatic carbocycles. The van der Waals surface area contributed by atoms with Gasteiger partial charge >= 0.3 is 0 Å². The maximum Gasteiger partial charge on any atom is 0.209 e. The number of nitrogens with one attached hydrogen (secondary N) is 4. The summed E-state index contributed by atoms with van der Waals surface area (Å²) in [5.41, 5.74) is 6.19. The zero-order valence-corrected chi connectivity index (χ0v) is 24.6. The van der Waals surface area contributed by atoms with Gasteiger partial charge in [-0.2, -0.15) is 5.10 Å². The van der Waals surface area contributed by atoms with Gasteiger partial charge in [-0.1, -0.05) is 0 Å². The van der Waals surface area contributed by atoms with Crippen molar-refractivity contribution in [1.82, 2.24) is 40.2 Å². The van der Waals surface area contributed by atoms with Crippen molar-refractivity contribution in [2.45, 2.75) is 25.5 Å². The molecule has 1 saturated heterocycles. The standard InChI is InChI=1S/C31H29FN8O3S/c1-44(41,42)37-14-18-8-19(10-21(32)9-18)24-4-7-35-31-25(24)12-28(38-31)30-26-13-27(36-17-29(26)39-40-30)20-11-23(16-34-15-20)43-22-2-5-33-6-3-22/h4,7-13,15-17,22,33,37H,2-3,5-6,14H2,1H3,(H,35,38)(H,39,40). The second-order valence-corrected chi connectivity index (χ2v) is 12.7. The minimum Gasteiger partial charge on any atom is -0.489 e. The number of nitrogens with zero attached hydrogens (tertiary/aromatic N) is 4. The number of aromatic amines is 2. The molecule has 0 spiro atoms. The summed E-state index contributed by atoms with van der Waals surface area (Å²) in [6.07, 6.45) is 10.0. The van der Waals surface area contributed by atoms with Gasteiger partial charge in [-0.15, -0.1) is 0 Å². The van der Waals surface area contributed by atoms with Crippen LogP contribution in [0.4, 0.5) is 4.39 Å². The molecule has 11 nitrogen and oxygen atoms in total. The summed E-state index contributed by atoms with van der Waals surface area (Å²) >= 11 is 0. The number of fused-ring (bicyclic) bond motifs is 2. The predicted octanol–water partition coefficient (Wildman–Crippen LogP) is 4.55. The fraction of sp³-hybridized carbons (Fsp3) is 0.226.